The summed E-state index contributed by atoms with van der Waals surface area (Å²) in [6, 6.07) is 10.5. The Kier molecular flexibility index (Phi) is 5.32. The van der Waals surface area contributed by atoms with Crippen LogP contribution in [0.4, 0.5) is 11.5 Å². The maximum Gasteiger partial charge on any atom is 0.129 e. The molecule has 2 aromatic rings. The minimum atomic E-state index is -0.185. The van der Waals surface area contributed by atoms with Gasteiger partial charge in [-0.3, -0.25) is 0 Å². The number of nitrogen functional groups attached to an aromatic ring is 1. The standard InChI is InChI=1S/C22H29N3O2/c1-15-2-3-18(23)14-20(15)17-12-21(16-6-10-27-11-7-16)24-22(13-17)25-8-4-19(26)5-9-25/h2-3,12-14,16,19,26H,4-11,23H2,1H3. The molecule has 5 heteroatoms. The van der Waals surface area contributed by atoms with Gasteiger partial charge in [-0.1, -0.05) is 6.07 Å². The molecule has 3 N–H and O–H groups in total. The molecule has 0 radical (unpaired) electrons. The average Bonchev–Trinajstić information content (AvgIpc) is 2.70. The van der Waals surface area contributed by atoms with E-state index in [1.165, 1.54) is 16.7 Å². The Morgan fingerprint density at radius 1 is 1.07 bits per heavy atom. The molecule has 0 spiro atoms. The molecule has 2 saturated heterocycles. The van der Waals surface area contributed by atoms with Crippen molar-refractivity contribution in [2.45, 2.75) is 44.6 Å². The predicted octanol–water partition coefficient (Wildman–Crippen LogP) is 3.49. The molecule has 0 aliphatic carbocycles. The van der Waals surface area contributed by atoms with E-state index in [9.17, 15) is 5.11 Å². The van der Waals surface area contributed by atoms with Crippen LogP contribution in [-0.2, 0) is 4.74 Å². The topological polar surface area (TPSA) is 71.6 Å². The monoisotopic (exact) mass is 367 g/mol. The maximum atomic E-state index is 9.86. The third-order valence-corrected chi connectivity index (χ3v) is 5.83. The molecule has 0 bridgehead atoms. The first-order chi connectivity index (χ1) is 13.1. The summed E-state index contributed by atoms with van der Waals surface area (Å²) < 4.78 is 5.55. The molecule has 4 rings (SSSR count). The van der Waals surface area contributed by atoms with Gasteiger partial charge in [-0.25, -0.2) is 4.98 Å². The summed E-state index contributed by atoms with van der Waals surface area (Å²) in [4.78, 5) is 7.35. The molecule has 0 unspecified atom stereocenters. The van der Waals surface area contributed by atoms with Gasteiger partial charge in [-0.15, -0.1) is 0 Å². The van der Waals surface area contributed by atoms with Crippen molar-refractivity contribution in [1.82, 2.24) is 4.98 Å². The van der Waals surface area contributed by atoms with Crippen molar-refractivity contribution in [3.63, 3.8) is 0 Å². The number of piperidine rings is 1. The van der Waals surface area contributed by atoms with Gasteiger partial charge in [0.1, 0.15) is 5.82 Å². The zero-order chi connectivity index (χ0) is 18.8. The van der Waals surface area contributed by atoms with Crippen LogP contribution in [0.2, 0.25) is 0 Å². The van der Waals surface area contributed by atoms with Crippen molar-refractivity contribution in [2.24, 2.45) is 0 Å². The number of hydrogen-bond donors (Lipinski definition) is 2. The van der Waals surface area contributed by atoms with Gasteiger partial charge >= 0.3 is 0 Å². The van der Waals surface area contributed by atoms with Crippen molar-refractivity contribution in [3.05, 3.63) is 41.6 Å². The first-order valence-electron chi connectivity index (χ1n) is 9.99. The first-order valence-corrected chi connectivity index (χ1v) is 9.99. The third kappa shape index (κ3) is 4.09. The average molecular weight is 367 g/mol. The van der Waals surface area contributed by atoms with E-state index in [0.717, 1.165) is 69.2 Å². The summed E-state index contributed by atoms with van der Waals surface area (Å²) in [5.74, 6) is 1.46. The van der Waals surface area contributed by atoms with Crippen LogP contribution < -0.4 is 10.6 Å². The van der Waals surface area contributed by atoms with Crippen LogP contribution in [0, 0.1) is 6.92 Å². The highest BCUT2D eigenvalue weighted by Crippen LogP contribution is 2.34. The quantitative estimate of drug-likeness (QED) is 0.813. The van der Waals surface area contributed by atoms with Gasteiger partial charge in [-0.2, -0.15) is 0 Å². The van der Waals surface area contributed by atoms with Crippen molar-refractivity contribution >= 4 is 11.5 Å². The Labute approximate surface area is 161 Å². The molecule has 27 heavy (non-hydrogen) atoms. The molecular weight excluding hydrogens is 338 g/mol. The number of aliphatic hydroxyl groups excluding tert-OH is 1. The van der Waals surface area contributed by atoms with Gasteiger partial charge in [0.15, 0.2) is 0 Å². The molecule has 0 atom stereocenters. The fraction of sp³-hybridized carbons (Fsp3) is 0.500. The Morgan fingerprint density at radius 3 is 2.56 bits per heavy atom. The second kappa shape index (κ2) is 7.87. The predicted molar refractivity (Wildman–Crippen MR) is 109 cm³/mol. The van der Waals surface area contributed by atoms with Crippen LogP contribution in [0.3, 0.4) is 0 Å². The number of hydrogen-bond acceptors (Lipinski definition) is 5. The number of pyridine rings is 1. The number of aromatic nitrogens is 1. The minimum absolute atomic E-state index is 0.185. The molecule has 144 valence electrons. The molecule has 2 aliphatic heterocycles. The van der Waals surface area contributed by atoms with Gasteiger partial charge in [-0.05, 0) is 73.6 Å². The molecule has 0 saturated carbocycles. The lowest BCUT2D eigenvalue weighted by molar-refractivity contribution is 0.0845. The maximum absolute atomic E-state index is 9.86. The number of nitrogens with zero attached hydrogens (tertiary/aromatic N) is 2. The van der Waals surface area contributed by atoms with Crippen LogP contribution >= 0.6 is 0 Å². The van der Waals surface area contributed by atoms with Gasteiger partial charge in [0.2, 0.25) is 0 Å². The number of ether oxygens (including phenoxy) is 1. The molecular formula is C22H29N3O2. The molecule has 2 aliphatic rings. The smallest absolute Gasteiger partial charge is 0.129 e. The fourth-order valence-corrected chi connectivity index (χ4v) is 4.10. The van der Waals surface area contributed by atoms with E-state index in [4.69, 9.17) is 15.5 Å². The molecule has 5 nitrogen and oxygen atoms in total. The van der Waals surface area contributed by atoms with Gasteiger partial charge in [0.25, 0.3) is 0 Å². The van der Waals surface area contributed by atoms with Crippen molar-refractivity contribution in [2.75, 3.05) is 36.9 Å². The number of aliphatic hydroxyl groups is 1. The van der Waals surface area contributed by atoms with E-state index in [1.54, 1.807) is 0 Å². The molecule has 1 aromatic heterocycles. The van der Waals surface area contributed by atoms with Crippen LogP contribution in [0.1, 0.15) is 42.9 Å². The van der Waals surface area contributed by atoms with Crippen molar-refractivity contribution < 1.29 is 9.84 Å². The zero-order valence-electron chi connectivity index (χ0n) is 16.0. The summed E-state index contributed by atoms with van der Waals surface area (Å²) in [6.07, 6.45) is 3.45. The molecule has 3 heterocycles. The Bertz CT molecular complexity index is 794. The molecule has 0 amide bonds. The highest BCUT2D eigenvalue weighted by molar-refractivity contribution is 5.73. The summed E-state index contributed by atoms with van der Waals surface area (Å²) in [5, 5.41) is 9.86. The third-order valence-electron chi connectivity index (χ3n) is 5.83. The summed E-state index contributed by atoms with van der Waals surface area (Å²) in [5.41, 5.74) is 11.6. The van der Waals surface area contributed by atoms with Crippen LogP contribution in [0.5, 0.6) is 0 Å². The number of nitrogens with two attached hydrogens (primary N) is 1. The van der Waals surface area contributed by atoms with E-state index in [2.05, 4.69) is 36.1 Å². The first kappa shape index (κ1) is 18.3. The fourth-order valence-electron chi connectivity index (χ4n) is 4.10. The summed E-state index contributed by atoms with van der Waals surface area (Å²) in [7, 11) is 0. The largest absolute Gasteiger partial charge is 0.399 e. The van der Waals surface area contributed by atoms with Crippen molar-refractivity contribution in [1.29, 1.82) is 0 Å². The normalized spacial score (nSPS) is 19.4. The molecule has 2 fully saturated rings. The van der Waals surface area contributed by atoms with E-state index >= 15 is 0 Å². The van der Waals surface area contributed by atoms with Crippen LogP contribution in [0.15, 0.2) is 30.3 Å². The number of benzene rings is 1. The lowest BCUT2D eigenvalue weighted by Crippen LogP contribution is -2.36. The lowest BCUT2D eigenvalue weighted by Gasteiger charge is -2.32. The van der Waals surface area contributed by atoms with E-state index in [-0.39, 0.29) is 6.10 Å². The van der Waals surface area contributed by atoms with Crippen molar-refractivity contribution in [3.8, 4) is 11.1 Å². The highest BCUT2D eigenvalue weighted by atomic mass is 16.5. The zero-order valence-corrected chi connectivity index (χ0v) is 16.0. The second-order valence-electron chi connectivity index (χ2n) is 7.82. The summed E-state index contributed by atoms with van der Waals surface area (Å²) >= 11 is 0. The summed E-state index contributed by atoms with van der Waals surface area (Å²) in [6.45, 7) is 5.43. The molecule has 1 aromatic carbocycles. The Hall–Kier alpha value is -2.11. The van der Waals surface area contributed by atoms with Gasteiger partial charge in [0.05, 0.1) is 6.10 Å². The number of anilines is 2. The van der Waals surface area contributed by atoms with Crippen LogP contribution in [0.25, 0.3) is 11.1 Å². The second-order valence-corrected chi connectivity index (χ2v) is 7.82. The minimum Gasteiger partial charge on any atom is -0.399 e. The van der Waals surface area contributed by atoms with E-state index in [0.29, 0.717) is 5.92 Å². The number of aryl methyl sites for hydroxylation is 1. The lowest BCUT2D eigenvalue weighted by atomic mass is 9.92. The van der Waals surface area contributed by atoms with E-state index < -0.39 is 0 Å². The highest BCUT2D eigenvalue weighted by Gasteiger charge is 2.23. The van der Waals surface area contributed by atoms with Gasteiger partial charge < -0.3 is 20.5 Å². The van der Waals surface area contributed by atoms with Gasteiger partial charge in [0, 0.05) is 43.6 Å². The Morgan fingerprint density at radius 2 is 1.81 bits per heavy atom. The Balaban J connectivity index is 1.75. The van der Waals surface area contributed by atoms with E-state index in [1.807, 2.05) is 6.07 Å². The number of rotatable bonds is 3. The SMILES string of the molecule is Cc1ccc(N)cc1-c1cc(C2CCOCC2)nc(N2CCC(O)CC2)c1. The van der Waals surface area contributed by atoms with Crippen LogP contribution in [-0.4, -0.2) is 42.5 Å².